The fraction of sp³-hybridized carbons (Fsp3) is 1.00. The molecule has 1 spiro atoms. The lowest BCUT2D eigenvalue weighted by Gasteiger charge is -2.55. The summed E-state index contributed by atoms with van der Waals surface area (Å²) in [6, 6.07) is 0. The van der Waals surface area contributed by atoms with Gasteiger partial charge in [0.1, 0.15) is 0 Å². The Balaban J connectivity index is 0.000000109. The van der Waals surface area contributed by atoms with Crippen LogP contribution in [0.3, 0.4) is 0 Å². The molecule has 0 heterocycles. The van der Waals surface area contributed by atoms with E-state index in [4.69, 9.17) is 0 Å². The summed E-state index contributed by atoms with van der Waals surface area (Å²) in [7, 11) is 0. The molecule has 30 heavy (non-hydrogen) atoms. The van der Waals surface area contributed by atoms with Gasteiger partial charge in [0.2, 0.25) is 0 Å². The molecule has 0 aliphatic heterocycles. The summed E-state index contributed by atoms with van der Waals surface area (Å²) < 4.78 is 0. The van der Waals surface area contributed by atoms with Gasteiger partial charge in [-0.3, -0.25) is 0 Å². The largest absolute Gasteiger partial charge is 0.0625 e. The third-order valence-corrected chi connectivity index (χ3v) is 11.3. The van der Waals surface area contributed by atoms with Crippen molar-refractivity contribution in [3.63, 3.8) is 0 Å². The molecule has 6 aliphatic carbocycles. The second kappa shape index (κ2) is 9.09. The van der Waals surface area contributed by atoms with Crippen LogP contribution < -0.4 is 0 Å². The van der Waals surface area contributed by atoms with Gasteiger partial charge in [-0.1, -0.05) is 48.0 Å². The molecule has 0 N–H and O–H groups in total. The third-order valence-electron chi connectivity index (χ3n) is 11.3. The van der Waals surface area contributed by atoms with E-state index in [-0.39, 0.29) is 0 Å². The van der Waals surface area contributed by atoms with Gasteiger partial charge in [-0.05, 0) is 142 Å². The number of fused-ring (bicyclic) bond motifs is 3. The summed E-state index contributed by atoms with van der Waals surface area (Å²) in [4.78, 5) is 0. The first-order valence-electron chi connectivity index (χ1n) is 14.2. The molecule has 6 fully saturated rings. The predicted octanol–water partition coefficient (Wildman–Crippen LogP) is 9.52. The minimum Gasteiger partial charge on any atom is -0.0625 e. The van der Waals surface area contributed by atoms with E-state index in [0.29, 0.717) is 0 Å². The molecule has 0 aromatic rings. The molecule has 3 atom stereocenters. The summed E-state index contributed by atoms with van der Waals surface area (Å²) in [5.41, 5.74) is 1.71. The van der Waals surface area contributed by atoms with Gasteiger partial charge in [-0.15, -0.1) is 0 Å². The molecule has 0 aromatic heterocycles. The predicted molar refractivity (Wildman–Crippen MR) is 131 cm³/mol. The van der Waals surface area contributed by atoms with Gasteiger partial charge in [-0.2, -0.15) is 0 Å². The Morgan fingerprint density at radius 1 is 0.600 bits per heavy atom. The molecule has 0 heteroatoms. The van der Waals surface area contributed by atoms with Crippen LogP contribution in [-0.4, -0.2) is 0 Å². The fourth-order valence-corrected chi connectivity index (χ4v) is 8.15. The maximum atomic E-state index is 2.41. The maximum absolute atomic E-state index is 2.41. The van der Waals surface area contributed by atoms with E-state index < -0.39 is 0 Å². The fourth-order valence-electron chi connectivity index (χ4n) is 8.15. The van der Waals surface area contributed by atoms with Gasteiger partial charge in [0.25, 0.3) is 0 Å². The zero-order valence-corrected chi connectivity index (χ0v) is 21.5. The van der Waals surface area contributed by atoms with Crippen LogP contribution in [0.1, 0.15) is 131 Å². The van der Waals surface area contributed by atoms with Crippen molar-refractivity contribution < 1.29 is 0 Å². The standard InChI is InChI=1S/3C10H18/c1-8(2)10-5-3-9(7-10)4-6-10;1-7(2)8-3-4-9-6-10(9)5-8;1-8(2)9-6-10(7-9)4-3-5-10/h8-9H,3-7H2,1-2H3;7-10H,3-6H2,1-2H3;8-9H,3-7H2,1-2H3/t;8?,9-,10+;/m.1./s1. The number of hydrogen-bond donors (Lipinski definition) is 0. The van der Waals surface area contributed by atoms with Gasteiger partial charge in [0, 0.05) is 0 Å². The minimum absolute atomic E-state index is 0.810. The van der Waals surface area contributed by atoms with Gasteiger partial charge in [0.15, 0.2) is 0 Å². The second-order valence-electron chi connectivity index (χ2n) is 14.0. The third kappa shape index (κ3) is 4.98. The smallest absolute Gasteiger partial charge is 0.0272 e. The van der Waals surface area contributed by atoms with Crippen molar-refractivity contribution in [1.29, 1.82) is 0 Å². The van der Waals surface area contributed by atoms with Crippen molar-refractivity contribution in [2.75, 3.05) is 0 Å². The molecule has 0 saturated heterocycles. The SMILES string of the molecule is CC(C)C12CCC(CC1)C2.CC(C)C1CC2(CCC2)C1.CC(C)C1CC[C@@H]2C[C@@H]2C1. The van der Waals surface area contributed by atoms with Crippen LogP contribution in [0.4, 0.5) is 0 Å². The second-order valence-corrected chi connectivity index (χ2v) is 14.0. The molecule has 2 bridgehead atoms. The zero-order chi connectivity index (χ0) is 21.5. The molecule has 0 aromatic carbocycles. The van der Waals surface area contributed by atoms with Gasteiger partial charge in [0.05, 0.1) is 0 Å². The van der Waals surface area contributed by atoms with E-state index in [2.05, 4.69) is 41.5 Å². The average molecular weight is 415 g/mol. The highest BCUT2D eigenvalue weighted by Gasteiger charge is 2.48. The van der Waals surface area contributed by atoms with E-state index >= 15 is 0 Å². The van der Waals surface area contributed by atoms with Crippen LogP contribution in [0.5, 0.6) is 0 Å². The highest BCUT2D eigenvalue weighted by Crippen LogP contribution is 2.60. The van der Waals surface area contributed by atoms with Crippen molar-refractivity contribution in [1.82, 2.24) is 0 Å². The van der Waals surface area contributed by atoms with Crippen LogP contribution in [0.25, 0.3) is 0 Å². The van der Waals surface area contributed by atoms with E-state index in [1.807, 2.05) is 0 Å². The summed E-state index contributed by atoms with van der Waals surface area (Å²) in [6.07, 6.45) is 21.7. The number of rotatable bonds is 3. The molecule has 1 unspecified atom stereocenters. The lowest BCUT2D eigenvalue weighted by atomic mass is 9.50. The summed E-state index contributed by atoms with van der Waals surface area (Å²) in [5.74, 6) is 8.47. The van der Waals surface area contributed by atoms with Crippen LogP contribution in [0.2, 0.25) is 0 Å². The van der Waals surface area contributed by atoms with Crippen molar-refractivity contribution in [3.8, 4) is 0 Å². The van der Waals surface area contributed by atoms with Crippen LogP contribution in [-0.2, 0) is 0 Å². The minimum atomic E-state index is 0.810. The molecule has 0 nitrogen and oxygen atoms in total. The Labute approximate surface area is 189 Å². The Morgan fingerprint density at radius 2 is 1.23 bits per heavy atom. The molecule has 174 valence electrons. The van der Waals surface area contributed by atoms with Crippen molar-refractivity contribution >= 4 is 0 Å². The molecular formula is C30H54. The van der Waals surface area contributed by atoms with Crippen LogP contribution >= 0.6 is 0 Å². The molecule has 6 saturated carbocycles. The Morgan fingerprint density at radius 3 is 1.60 bits per heavy atom. The first-order chi connectivity index (χ1) is 14.2. The van der Waals surface area contributed by atoms with E-state index in [1.165, 1.54) is 50.4 Å². The van der Waals surface area contributed by atoms with Gasteiger partial charge < -0.3 is 0 Å². The molecule has 6 aliphatic rings. The quantitative estimate of drug-likeness (QED) is 0.431. The highest BCUT2D eigenvalue weighted by molar-refractivity contribution is 4.99. The van der Waals surface area contributed by atoms with Gasteiger partial charge >= 0.3 is 0 Å². The Hall–Kier alpha value is 0. The average Bonchev–Trinajstić information content (AvgIpc) is 3.10. The van der Waals surface area contributed by atoms with Crippen LogP contribution in [0.15, 0.2) is 0 Å². The summed E-state index contributed by atoms with van der Waals surface area (Å²) >= 11 is 0. The number of hydrogen-bond acceptors (Lipinski definition) is 0. The van der Waals surface area contributed by atoms with E-state index in [1.54, 1.807) is 51.4 Å². The van der Waals surface area contributed by atoms with Crippen molar-refractivity contribution in [3.05, 3.63) is 0 Å². The molecular weight excluding hydrogens is 360 g/mol. The zero-order valence-electron chi connectivity index (χ0n) is 21.5. The molecule has 6 rings (SSSR count). The Bertz CT molecular complexity index is 534. The summed E-state index contributed by atoms with van der Waals surface area (Å²) in [6.45, 7) is 14.3. The first kappa shape index (κ1) is 23.2. The normalized spacial score (nSPS) is 40.3. The van der Waals surface area contributed by atoms with Crippen molar-refractivity contribution in [2.45, 2.75) is 131 Å². The van der Waals surface area contributed by atoms with E-state index in [0.717, 1.165) is 46.3 Å². The lowest BCUT2D eigenvalue weighted by Crippen LogP contribution is -2.44. The van der Waals surface area contributed by atoms with E-state index in [9.17, 15) is 0 Å². The van der Waals surface area contributed by atoms with Crippen molar-refractivity contribution in [2.24, 2.45) is 58.2 Å². The molecule has 0 radical (unpaired) electrons. The highest BCUT2D eigenvalue weighted by atomic mass is 14.5. The van der Waals surface area contributed by atoms with Crippen LogP contribution in [0, 0.1) is 58.2 Å². The Kier molecular flexibility index (Phi) is 7.02. The lowest BCUT2D eigenvalue weighted by molar-refractivity contribution is -0.0435. The summed E-state index contributed by atoms with van der Waals surface area (Å²) in [5, 5.41) is 0. The molecule has 0 amide bonds. The first-order valence-corrected chi connectivity index (χ1v) is 14.2. The topological polar surface area (TPSA) is 0 Å². The van der Waals surface area contributed by atoms with Gasteiger partial charge in [-0.25, -0.2) is 0 Å². The maximum Gasteiger partial charge on any atom is -0.0272 e. The monoisotopic (exact) mass is 414 g/mol.